The van der Waals surface area contributed by atoms with E-state index in [9.17, 15) is 9.90 Å². The molecule has 1 saturated heterocycles. The highest BCUT2D eigenvalue weighted by atomic mass is 16.5. The fraction of sp³-hybridized carbons (Fsp3) is 0.533. The molecule has 0 bridgehead atoms. The van der Waals surface area contributed by atoms with Crippen LogP contribution < -0.4 is 5.32 Å². The first-order valence-corrected chi connectivity index (χ1v) is 6.90. The molecule has 0 amide bonds. The van der Waals surface area contributed by atoms with Crippen molar-refractivity contribution in [3.8, 4) is 0 Å². The summed E-state index contributed by atoms with van der Waals surface area (Å²) in [6.45, 7) is 1.50. The Morgan fingerprint density at radius 1 is 1.37 bits per heavy atom. The maximum absolute atomic E-state index is 11.3. The van der Waals surface area contributed by atoms with Crippen LogP contribution in [0.1, 0.15) is 37.3 Å². The lowest BCUT2D eigenvalue weighted by Crippen LogP contribution is -2.32. The molecule has 1 aromatic rings. The van der Waals surface area contributed by atoms with E-state index in [0.29, 0.717) is 6.54 Å². The first-order chi connectivity index (χ1) is 9.27. The predicted octanol–water partition coefficient (Wildman–Crippen LogP) is 2.36. The number of hydrogen-bond acceptors (Lipinski definition) is 3. The number of aliphatic carboxylic acids is 1. The Bertz CT molecular complexity index is 388. The average molecular weight is 263 g/mol. The highest BCUT2D eigenvalue weighted by Crippen LogP contribution is 2.16. The predicted molar refractivity (Wildman–Crippen MR) is 73.0 cm³/mol. The quantitative estimate of drug-likeness (QED) is 0.827. The second-order valence-electron chi connectivity index (χ2n) is 4.91. The van der Waals surface area contributed by atoms with Gasteiger partial charge in [0.1, 0.15) is 6.04 Å². The van der Waals surface area contributed by atoms with E-state index in [2.05, 4.69) is 5.32 Å². The first-order valence-electron chi connectivity index (χ1n) is 6.90. The van der Waals surface area contributed by atoms with Crippen molar-refractivity contribution in [2.75, 3.05) is 13.2 Å². The molecule has 0 saturated carbocycles. The lowest BCUT2D eigenvalue weighted by Gasteiger charge is -2.23. The zero-order valence-electron chi connectivity index (χ0n) is 11.0. The van der Waals surface area contributed by atoms with Gasteiger partial charge in [0.15, 0.2) is 0 Å². The third-order valence-corrected chi connectivity index (χ3v) is 3.47. The summed E-state index contributed by atoms with van der Waals surface area (Å²) in [7, 11) is 0. The maximum atomic E-state index is 11.3. The Kier molecular flexibility index (Phi) is 5.36. The zero-order valence-corrected chi connectivity index (χ0v) is 11.0. The zero-order chi connectivity index (χ0) is 13.5. The molecule has 104 valence electrons. The Labute approximate surface area is 113 Å². The van der Waals surface area contributed by atoms with Crippen molar-refractivity contribution in [3.05, 3.63) is 35.9 Å². The monoisotopic (exact) mass is 263 g/mol. The molecule has 0 spiro atoms. The van der Waals surface area contributed by atoms with Gasteiger partial charge in [-0.05, 0) is 37.8 Å². The summed E-state index contributed by atoms with van der Waals surface area (Å²) in [5, 5.41) is 12.4. The number of rotatable bonds is 6. The molecule has 2 rings (SSSR count). The summed E-state index contributed by atoms with van der Waals surface area (Å²) in [5.74, 6) is -0.837. The van der Waals surface area contributed by atoms with Gasteiger partial charge in [-0.15, -0.1) is 0 Å². The average Bonchev–Trinajstić information content (AvgIpc) is 2.45. The van der Waals surface area contributed by atoms with Crippen molar-refractivity contribution in [2.24, 2.45) is 0 Å². The number of carbonyl (C=O) groups is 1. The second-order valence-corrected chi connectivity index (χ2v) is 4.91. The van der Waals surface area contributed by atoms with E-state index in [0.717, 1.165) is 31.4 Å². The Morgan fingerprint density at radius 3 is 2.79 bits per heavy atom. The lowest BCUT2D eigenvalue weighted by molar-refractivity contribution is -0.139. The van der Waals surface area contributed by atoms with E-state index in [1.807, 2.05) is 30.3 Å². The summed E-state index contributed by atoms with van der Waals surface area (Å²) in [4.78, 5) is 11.3. The number of carboxylic acids is 1. The third kappa shape index (κ3) is 4.33. The number of carboxylic acid groups (broad SMARTS) is 1. The minimum atomic E-state index is -0.837. The molecule has 0 aromatic heterocycles. The molecule has 0 radical (unpaired) electrons. The maximum Gasteiger partial charge on any atom is 0.325 e. The molecular weight excluding hydrogens is 242 g/mol. The van der Waals surface area contributed by atoms with E-state index in [1.165, 1.54) is 6.42 Å². The van der Waals surface area contributed by atoms with Crippen molar-refractivity contribution in [2.45, 2.75) is 37.8 Å². The molecule has 4 nitrogen and oxygen atoms in total. The highest BCUT2D eigenvalue weighted by molar-refractivity contribution is 5.75. The topological polar surface area (TPSA) is 58.6 Å². The Hall–Kier alpha value is -1.39. The summed E-state index contributed by atoms with van der Waals surface area (Å²) in [6.07, 6.45) is 4.60. The van der Waals surface area contributed by atoms with Crippen LogP contribution in [-0.4, -0.2) is 30.3 Å². The van der Waals surface area contributed by atoms with Gasteiger partial charge < -0.3 is 15.2 Å². The first kappa shape index (κ1) is 14.0. The molecule has 2 unspecified atom stereocenters. The minimum Gasteiger partial charge on any atom is -0.480 e. The van der Waals surface area contributed by atoms with Crippen LogP contribution in [0.25, 0.3) is 0 Å². The van der Waals surface area contributed by atoms with Gasteiger partial charge >= 0.3 is 5.97 Å². The SMILES string of the molecule is O=C(O)C(NCCC1CCCCO1)c1ccccc1. The van der Waals surface area contributed by atoms with Crippen LogP contribution in [0.4, 0.5) is 0 Å². The molecule has 1 aliphatic rings. The van der Waals surface area contributed by atoms with Gasteiger partial charge in [-0.2, -0.15) is 0 Å². The van der Waals surface area contributed by atoms with Crippen molar-refractivity contribution < 1.29 is 14.6 Å². The Morgan fingerprint density at radius 2 is 2.16 bits per heavy atom. The van der Waals surface area contributed by atoms with E-state index < -0.39 is 12.0 Å². The summed E-state index contributed by atoms with van der Waals surface area (Å²) < 4.78 is 5.64. The molecule has 2 atom stereocenters. The standard InChI is InChI=1S/C15H21NO3/c17-15(18)14(12-6-2-1-3-7-12)16-10-9-13-8-4-5-11-19-13/h1-3,6-7,13-14,16H,4-5,8-11H2,(H,17,18). The van der Waals surface area contributed by atoms with Crippen LogP contribution in [0.2, 0.25) is 0 Å². The lowest BCUT2D eigenvalue weighted by atomic mass is 10.0. The molecule has 19 heavy (non-hydrogen) atoms. The number of benzene rings is 1. The van der Waals surface area contributed by atoms with Gasteiger partial charge in [-0.1, -0.05) is 30.3 Å². The van der Waals surface area contributed by atoms with Crippen LogP contribution in [-0.2, 0) is 9.53 Å². The molecule has 0 aliphatic carbocycles. The van der Waals surface area contributed by atoms with Crippen LogP contribution in [0, 0.1) is 0 Å². The number of ether oxygens (including phenoxy) is 1. The van der Waals surface area contributed by atoms with Crippen LogP contribution in [0.15, 0.2) is 30.3 Å². The number of hydrogen-bond donors (Lipinski definition) is 2. The smallest absolute Gasteiger partial charge is 0.325 e. The summed E-state index contributed by atoms with van der Waals surface area (Å²) >= 11 is 0. The molecular formula is C15H21NO3. The van der Waals surface area contributed by atoms with Crippen molar-refractivity contribution in [1.82, 2.24) is 5.32 Å². The van der Waals surface area contributed by atoms with Gasteiger partial charge in [0, 0.05) is 6.61 Å². The number of nitrogens with one attached hydrogen (secondary N) is 1. The molecule has 2 N–H and O–H groups in total. The normalized spacial score (nSPS) is 20.9. The van der Waals surface area contributed by atoms with Crippen LogP contribution >= 0.6 is 0 Å². The van der Waals surface area contributed by atoms with Crippen molar-refractivity contribution >= 4 is 5.97 Å². The Balaban J connectivity index is 1.82. The van der Waals surface area contributed by atoms with E-state index in [4.69, 9.17) is 4.74 Å². The summed E-state index contributed by atoms with van der Waals surface area (Å²) in [6, 6.07) is 8.64. The fourth-order valence-corrected chi connectivity index (χ4v) is 2.42. The molecule has 1 aromatic carbocycles. The highest BCUT2D eigenvalue weighted by Gasteiger charge is 2.20. The third-order valence-electron chi connectivity index (χ3n) is 3.47. The molecule has 4 heteroatoms. The van der Waals surface area contributed by atoms with Crippen LogP contribution in [0.3, 0.4) is 0 Å². The van der Waals surface area contributed by atoms with Gasteiger partial charge in [0.25, 0.3) is 0 Å². The van der Waals surface area contributed by atoms with Crippen molar-refractivity contribution in [3.63, 3.8) is 0 Å². The summed E-state index contributed by atoms with van der Waals surface area (Å²) in [5.41, 5.74) is 0.791. The second kappa shape index (κ2) is 7.26. The van der Waals surface area contributed by atoms with Gasteiger partial charge in [-0.3, -0.25) is 4.79 Å². The van der Waals surface area contributed by atoms with Crippen molar-refractivity contribution in [1.29, 1.82) is 0 Å². The van der Waals surface area contributed by atoms with E-state index in [-0.39, 0.29) is 6.10 Å². The molecule has 1 fully saturated rings. The van der Waals surface area contributed by atoms with Gasteiger partial charge in [-0.25, -0.2) is 0 Å². The fourth-order valence-electron chi connectivity index (χ4n) is 2.42. The molecule has 1 aliphatic heterocycles. The molecule has 1 heterocycles. The van der Waals surface area contributed by atoms with E-state index >= 15 is 0 Å². The van der Waals surface area contributed by atoms with Crippen LogP contribution in [0.5, 0.6) is 0 Å². The minimum absolute atomic E-state index is 0.284. The van der Waals surface area contributed by atoms with Gasteiger partial charge in [0.05, 0.1) is 6.10 Å². The van der Waals surface area contributed by atoms with Gasteiger partial charge in [0.2, 0.25) is 0 Å². The van der Waals surface area contributed by atoms with E-state index in [1.54, 1.807) is 0 Å². The largest absolute Gasteiger partial charge is 0.480 e.